The third-order valence-electron chi connectivity index (χ3n) is 2.32. The average molecular weight is 277 g/mol. The maximum Gasteiger partial charge on any atom is 0.242 e. The summed E-state index contributed by atoms with van der Waals surface area (Å²) in [6.45, 7) is 3.01. The normalized spacial score (nSPS) is 13.2. The fraction of sp³-hybridized carbons (Fsp3) is 0.400. The number of hydrogen-bond acceptors (Lipinski definition) is 4. The molecule has 0 radical (unpaired) electrons. The molecule has 0 aliphatic carbocycles. The minimum atomic E-state index is -3.40. The standard InChI is InChI=1S/C10H13ClN2O3S/c1-6-8(4-5-9(11)12-6)13-10(14)7(2)17(3,15)16/h4-5,7H,1-3H3,(H,13,14). The first kappa shape index (κ1) is 13.9. The van der Waals surface area contributed by atoms with Crippen LogP contribution in [0.25, 0.3) is 0 Å². The highest BCUT2D eigenvalue weighted by atomic mass is 35.5. The molecule has 1 N–H and O–H groups in total. The minimum Gasteiger partial charge on any atom is -0.323 e. The third kappa shape index (κ3) is 3.67. The van der Waals surface area contributed by atoms with Crippen molar-refractivity contribution in [2.75, 3.05) is 11.6 Å². The van der Waals surface area contributed by atoms with Gasteiger partial charge < -0.3 is 5.32 Å². The van der Waals surface area contributed by atoms with E-state index in [0.29, 0.717) is 16.5 Å². The summed E-state index contributed by atoms with van der Waals surface area (Å²) in [7, 11) is -3.40. The summed E-state index contributed by atoms with van der Waals surface area (Å²) in [4.78, 5) is 15.6. The van der Waals surface area contributed by atoms with Crippen LogP contribution in [0, 0.1) is 6.92 Å². The molecule has 1 unspecified atom stereocenters. The molecule has 1 amide bonds. The van der Waals surface area contributed by atoms with Crippen LogP contribution in [0.15, 0.2) is 12.1 Å². The van der Waals surface area contributed by atoms with Crippen LogP contribution in [0.5, 0.6) is 0 Å². The molecule has 0 fully saturated rings. The van der Waals surface area contributed by atoms with Gasteiger partial charge in [0, 0.05) is 6.26 Å². The number of aryl methyl sites for hydroxylation is 1. The molecule has 0 saturated heterocycles. The first-order chi connectivity index (χ1) is 7.71. The van der Waals surface area contributed by atoms with Gasteiger partial charge in [-0.1, -0.05) is 11.6 Å². The second-order valence-electron chi connectivity index (χ2n) is 3.73. The van der Waals surface area contributed by atoms with E-state index in [1.165, 1.54) is 13.0 Å². The van der Waals surface area contributed by atoms with Gasteiger partial charge in [0.05, 0.1) is 11.4 Å². The van der Waals surface area contributed by atoms with Crippen molar-refractivity contribution in [1.29, 1.82) is 0 Å². The van der Waals surface area contributed by atoms with Crippen LogP contribution >= 0.6 is 11.6 Å². The maximum absolute atomic E-state index is 11.6. The first-order valence-corrected chi connectivity index (χ1v) is 7.18. The van der Waals surface area contributed by atoms with Gasteiger partial charge in [-0.3, -0.25) is 4.79 Å². The number of nitrogens with one attached hydrogen (secondary N) is 1. The Bertz CT molecular complexity index is 542. The Morgan fingerprint density at radius 1 is 1.47 bits per heavy atom. The molecule has 5 nitrogen and oxygen atoms in total. The molecule has 0 aliphatic heterocycles. The van der Waals surface area contributed by atoms with Gasteiger partial charge in [0.2, 0.25) is 5.91 Å². The molecule has 0 saturated carbocycles. The molecule has 0 bridgehead atoms. The van der Waals surface area contributed by atoms with E-state index in [-0.39, 0.29) is 0 Å². The minimum absolute atomic E-state index is 0.316. The monoisotopic (exact) mass is 276 g/mol. The van der Waals surface area contributed by atoms with Crippen LogP contribution < -0.4 is 5.32 Å². The topological polar surface area (TPSA) is 76.1 Å². The molecule has 1 atom stereocenters. The summed E-state index contributed by atoms with van der Waals surface area (Å²) in [6.07, 6.45) is 1.02. The molecule has 0 spiro atoms. The Hall–Kier alpha value is -1.14. The molecule has 1 aromatic heterocycles. The van der Waals surface area contributed by atoms with Crippen molar-refractivity contribution in [3.05, 3.63) is 23.0 Å². The third-order valence-corrected chi connectivity index (χ3v) is 4.03. The second-order valence-corrected chi connectivity index (χ2v) is 6.48. The van der Waals surface area contributed by atoms with Crippen LogP contribution in [0.2, 0.25) is 5.15 Å². The second kappa shape index (κ2) is 5.01. The van der Waals surface area contributed by atoms with Gasteiger partial charge in [-0.15, -0.1) is 0 Å². The lowest BCUT2D eigenvalue weighted by Gasteiger charge is -2.11. The van der Waals surface area contributed by atoms with Crippen LogP contribution in [0.4, 0.5) is 5.69 Å². The maximum atomic E-state index is 11.6. The molecule has 7 heteroatoms. The number of halogens is 1. The van der Waals surface area contributed by atoms with E-state index in [0.717, 1.165) is 6.26 Å². The van der Waals surface area contributed by atoms with Crippen LogP contribution in [-0.2, 0) is 14.6 Å². The van der Waals surface area contributed by atoms with Crippen molar-refractivity contribution in [2.45, 2.75) is 19.1 Å². The summed E-state index contributed by atoms with van der Waals surface area (Å²) in [5.74, 6) is -0.584. The van der Waals surface area contributed by atoms with Crippen molar-refractivity contribution in [2.24, 2.45) is 0 Å². The molecule has 0 aliphatic rings. The van der Waals surface area contributed by atoms with Crippen LogP contribution in [0.3, 0.4) is 0 Å². The lowest BCUT2D eigenvalue weighted by molar-refractivity contribution is -0.115. The lowest BCUT2D eigenvalue weighted by Crippen LogP contribution is -2.32. The number of rotatable bonds is 3. The fourth-order valence-electron chi connectivity index (χ4n) is 1.09. The van der Waals surface area contributed by atoms with Crippen molar-refractivity contribution in [1.82, 2.24) is 4.98 Å². The average Bonchev–Trinajstić information content (AvgIpc) is 2.19. The number of amides is 1. The zero-order valence-corrected chi connectivity index (χ0v) is 11.3. The van der Waals surface area contributed by atoms with Gasteiger partial charge in [-0.2, -0.15) is 0 Å². The van der Waals surface area contributed by atoms with E-state index in [1.807, 2.05) is 0 Å². The molecule has 1 aromatic rings. The van der Waals surface area contributed by atoms with E-state index in [4.69, 9.17) is 11.6 Å². The highest BCUT2D eigenvalue weighted by Crippen LogP contribution is 2.16. The molecular formula is C10H13ClN2O3S. The molecule has 94 valence electrons. The first-order valence-electron chi connectivity index (χ1n) is 4.84. The number of hydrogen-bond donors (Lipinski definition) is 1. The van der Waals surface area contributed by atoms with Crippen molar-refractivity contribution in [3.63, 3.8) is 0 Å². The van der Waals surface area contributed by atoms with Gasteiger partial charge in [0.15, 0.2) is 9.84 Å². The number of aromatic nitrogens is 1. The summed E-state index contributed by atoms with van der Waals surface area (Å²) < 4.78 is 22.4. The van der Waals surface area contributed by atoms with E-state index in [9.17, 15) is 13.2 Å². The molecule has 17 heavy (non-hydrogen) atoms. The lowest BCUT2D eigenvalue weighted by atomic mass is 10.3. The summed E-state index contributed by atoms with van der Waals surface area (Å²) in [6, 6.07) is 3.10. The van der Waals surface area contributed by atoms with E-state index in [1.54, 1.807) is 13.0 Å². The number of carbonyl (C=O) groups is 1. The van der Waals surface area contributed by atoms with Crippen LogP contribution in [-0.4, -0.2) is 30.8 Å². The zero-order chi connectivity index (χ0) is 13.2. The van der Waals surface area contributed by atoms with Crippen molar-refractivity contribution < 1.29 is 13.2 Å². The van der Waals surface area contributed by atoms with Gasteiger partial charge in [-0.05, 0) is 26.0 Å². The molecule has 0 aromatic carbocycles. The Morgan fingerprint density at radius 2 is 2.06 bits per heavy atom. The smallest absolute Gasteiger partial charge is 0.242 e. The Kier molecular flexibility index (Phi) is 4.11. The number of nitrogens with zero attached hydrogens (tertiary/aromatic N) is 1. The number of sulfone groups is 1. The highest BCUT2D eigenvalue weighted by molar-refractivity contribution is 7.92. The fourth-order valence-corrected chi connectivity index (χ4v) is 1.73. The Balaban J connectivity index is 2.89. The number of carbonyl (C=O) groups excluding carboxylic acids is 1. The van der Waals surface area contributed by atoms with E-state index >= 15 is 0 Å². The summed E-state index contributed by atoms with van der Waals surface area (Å²) >= 11 is 5.67. The quantitative estimate of drug-likeness (QED) is 0.847. The largest absolute Gasteiger partial charge is 0.323 e. The highest BCUT2D eigenvalue weighted by Gasteiger charge is 2.23. The molecular weight excluding hydrogens is 264 g/mol. The van der Waals surface area contributed by atoms with Crippen molar-refractivity contribution in [3.8, 4) is 0 Å². The number of pyridine rings is 1. The number of anilines is 1. The van der Waals surface area contributed by atoms with Gasteiger partial charge in [0.1, 0.15) is 10.4 Å². The van der Waals surface area contributed by atoms with Crippen molar-refractivity contribution >= 4 is 33.0 Å². The zero-order valence-electron chi connectivity index (χ0n) is 9.69. The molecule has 1 heterocycles. The SMILES string of the molecule is Cc1nc(Cl)ccc1NC(=O)C(C)S(C)(=O)=O. The predicted molar refractivity (Wildman–Crippen MR) is 66.9 cm³/mol. The van der Waals surface area contributed by atoms with Gasteiger partial charge in [0.25, 0.3) is 0 Å². The summed E-state index contributed by atoms with van der Waals surface area (Å²) in [5.41, 5.74) is 0.987. The Morgan fingerprint density at radius 3 is 2.53 bits per heavy atom. The van der Waals surface area contributed by atoms with Gasteiger partial charge >= 0.3 is 0 Å². The molecule has 1 rings (SSSR count). The van der Waals surface area contributed by atoms with E-state index in [2.05, 4.69) is 10.3 Å². The summed E-state index contributed by atoms with van der Waals surface area (Å²) in [5, 5.41) is 1.72. The Labute approximate surface area is 105 Å². The van der Waals surface area contributed by atoms with E-state index < -0.39 is 21.0 Å². The van der Waals surface area contributed by atoms with Crippen LogP contribution in [0.1, 0.15) is 12.6 Å². The predicted octanol–water partition coefficient (Wildman–Crippen LogP) is 1.42. The van der Waals surface area contributed by atoms with Gasteiger partial charge in [-0.25, -0.2) is 13.4 Å².